The van der Waals surface area contributed by atoms with Crippen molar-refractivity contribution >= 4 is 21.8 Å². The van der Waals surface area contributed by atoms with Gasteiger partial charge >= 0.3 is 0 Å². The van der Waals surface area contributed by atoms with Gasteiger partial charge in [-0.15, -0.1) is 11.8 Å². The first kappa shape index (κ1) is 20.3. The quantitative estimate of drug-likeness (QED) is 0.689. The Morgan fingerprint density at radius 3 is 2.26 bits per heavy atom. The van der Waals surface area contributed by atoms with Gasteiger partial charge in [-0.1, -0.05) is 38.1 Å². The molecule has 7 heteroatoms. The van der Waals surface area contributed by atoms with Crippen molar-refractivity contribution in [3.05, 3.63) is 53.7 Å². The molecule has 0 unspecified atom stereocenters. The van der Waals surface area contributed by atoms with E-state index in [1.807, 2.05) is 7.05 Å². The molecule has 146 valence electrons. The SMILES string of the molecule is CC(C)c1ccc(CSc2ccc(S(=O)(=O)N3CCN(C)CC3)cn2)cc1. The number of aromatic nitrogens is 1. The van der Waals surface area contributed by atoms with Crippen molar-refractivity contribution in [1.29, 1.82) is 0 Å². The summed E-state index contributed by atoms with van der Waals surface area (Å²) in [6.07, 6.45) is 1.48. The molecule has 0 N–H and O–H groups in total. The summed E-state index contributed by atoms with van der Waals surface area (Å²) in [5.74, 6) is 1.35. The number of piperazine rings is 1. The van der Waals surface area contributed by atoms with E-state index in [0.717, 1.165) is 23.9 Å². The standard InChI is InChI=1S/C20H27N3O2S2/c1-16(2)18-6-4-17(5-7-18)15-26-20-9-8-19(14-21-20)27(24,25)23-12-10-22(3)11-13-23/h4-9,14,16H,10-13,15H2,1-3H3. The number of nitrogens with zero attached hydrogens (tertiary/aromatic N) is 3. The lowest BCUT2D eigenvalue weighted by atomic mass is 10.0. The highest BCUT2D eigenvalue weighted by Crippen LogP contribution is 2.24. The number of rotatable bonds is 6. The Kier molecular flexibility index (Phi) is 6.57. The number of sulfonamides is 1. The third kappa shape index (κ3) is 5.10. The molecule has 2 aromatic rings. The summed E-state index contributed by atoms with van der Waals surface area (Å²) in [4.78, 5) is 6.77. The lowest BCUT2D eigenvalue weighted by molar-refractivity contribution is 0.222. The summed E-state index contributed by atoms with van der Waals surface area (Å²) >= 11 is 1.62. The number of benzene rings is 1. The zero-order valence-corrected chi connectivity index (χ0v) is 17.8. The van der Waals surface area contributed by atoms with Crippen LogP contribution in [-0.4, -0.2) is 55.8 Å². The van der Waals surface area contributed by atoms with Crippen LogP contribution >= 0.6 is 11.8 Å². The fourth-order valence-corrected chi connectivity index (χ4v) is 5.10. The maximum atomic E-state index is 12.7. The van der Waals surface area contributed by atoms with Gasteiger partial charge in [-0.3, -0.25) is 0 Å². The van der Waals surface area contributed by atoms with Gasteiger partial charge in [0.05, 0.1) is 5.03 Å². The van der Waals surface area contributed by atoms with Gasteiger partial charge in [-0.05, 0) is 36.2 Å². The van der Waals surface area contributed by atoms with E-state index in [4.69, 9.17) is 0 Å². The molecule has 0 bridgehead atoms. The summed E-state index contributed by atoms with van der Waals surface area (Å²) in [7, 11) is -1.44. The molecule has 1 saturated heterocycles. The van der Waals surface area contributed by atoms with Gasteiger partial charge in [-0.2, -0.15) is 4.31 Å². The lowest BCUT2D eigenvalue weighted by Gasteiger charge is -2.31. The zero-order valence-electron chi connectivity index (χ0n) is 16.1. The maximum Gasteiger partial charge on any atom is 0.244 e. The highest BCUT2D eigenvalue weighted by atomic mass is 32.2. The molecule has 0 amide bonds. The Morgan fingerprint density at radius 2 is 1.70 bits per heavy atom. The van der Waals surface area contributed by atoms with Crippen molar-refractivity contribution in [2.75, 3.05) is 33.2 Å². The molecule has 1 aromatic carbocycles. The predicted molar refractivity (Wildman–Crippen MR) is 111 cm³/mol. The largest absolute Gasteiger partial charge is 0.304 e. The summed E-state index contributed by atoms with van der Waals surface area (Å²) in [6, 6.07) is 12.1. The van der Waals surface area contributed by atoms with Crippen LogP contribution in [0, 0.1) is 0 Å². The van der Waals surface area contributed by atoms with Crippen molar-refractivity contribution in [3.63, 3.8) is 0 Å². The topological polar surface area (TPSA) is 53.5 Å². The normalized spacial score (nSPS) is 16.7. The van der Waals surface area contributed by atoms with Crippen LogP contribution in [0.25, 0.3) is 0 Å². The minimum absolute atomic E-state index is 0.276. The summed E-state index contributed by atoms with van der Waals surface area (Å²) in [6.45, 7) is 6.95. The number of thioether (sulfide) groups is 1. The highest BCUT2D eigenvalue weighted by Gasteiger charge is 2.27. The fraction of sp³-hybridized carbons (Fsp3) is 0.450. The summed E-state index contributed by atoms with van der Waals surface area (Å²) in [5, 5.41) is 0.834. The average Bonchev–Trinajstić information content (AvgIpc) is 2.67. The Hall–Kier alpha value is -1.41. The molecule has 1 fully saturated rings. The average molecular weight is 406 g/mol. The third-order valence-corrected chi connectivity index (χ3v) is 7.74. The second-order valence-corrected chi connectivity index (χ2v) is 10.2. The molecule has 1 aliphatic heterocycles. The van der Waals surface area contributed by atoms with E-state index in [1.165, 1.54) is 17.3 Å². The molecule has 3 rings (SSSR count). The van der Waals surface area contributed by atoms with Crippen molar-refractivity contribution in [2.24, 2.45) is 0 Å². The Labute approximate surface area is 166 Å². The molecule has 2 heterocycles. The van der Waals surface area contributed by atoms with Crippen LogP contribution in [-0.2, 0) is 15.8 Å². The van der Waals surface area contributed by atoms with E-state index in [9.17, 15) is 8.42 Å². The predicted octanol–water partition coefficient (Wildman–Crippen LogP) is 3.43. The van der Waals surface area contributed by atoms with Gasteiger partial charge in [-0.25, -0.2) is 13.4 Å². The van der Waals surface area contributed by atoms with Crippen molar-refractivity contribution in [1.82, 2.24) is 14.2 Å². The lowest BCUT2D eigenvalue weighted by Crippen LogP contribution is -2.47. The Balaban J connectivity index is 1.61. The molecule has 27 heavy (non-hydrogen) atoms. The monoisotopic (exact) mass is 405 g/mol. The van der Waals surface area contributed by atoms with Gasteiger partial charge in [0.1, 0.15) is 4.90 Å². The molecule has 0 spiro atoms. The number of hydrogen-bond acceptors (Lipinski definition) is 5. The van der Waals surface area contributed by atoms with E-state index in [2.05, 4.69) is 48.0 Å². The van der Waals surface area contributed by atoms with Crippen LogP contribution in [0.1, 0.15) is 30.9 Å². The first-order valence-corrected chi connectivity index (χ1v) is 11.7. The molecule has 5 nitrogen and oxygen atoms in total. The van der Waals surface area contributed by atoms with E-state index in [0.29, 0.717) is 19.0 Å². The van der Waals surface area contributed by atoms with E-state index >= 15 is 0 Å². The zero-order chi connectivity index (χ0) is 19.4. The van der Waals surface area contributed by atoms with E-state index in [-0.39, 0.29) is 4.90 Å². The van der Waals surface area contributed by atoms with Gasteiger partial charge < -0.3 is 4.90 Å². The molecular weight excluding hydrogens is 378 g/mol. The van der Waals surface area contributed by atoms with Crippen LogP contribution in [0.4, 0.5) is 0 Å². The minimum Gasteiger partial charge on any atom is -0.304 e. The second-order valence-electron chi connectivity index (χ2n) is 7.22. The van der Waals surface area contributed by atoms with E-state index < -0.39 is 10.0 Å². The van der Waals surface area contributed by atoms with E-state index in [1.54, 1.807) is 28.2 Å². The van der Waals surface area contributed by atoms with Gasteiger partial charge in [0.2, 0.25) is 10.0 Å². The van der Waals surface area contributed by atoms with Crippen LogP contribution in [0.15, 0.2) is 52.5 Å². The molecular formula is C20H27N3O2S2. The number of likely N-dealkylation sites (N-methyl/N-ethyl adjacent to an activating group) is 1. The van der Waals surface area contributed by atoms with Crippen LogP contribution < -0.4 is 0 Å². The van der Waals surface area contributed by atoms with Gasteiger partial charge in [0, 0.05) is 38.1 Å². The summed E-state index contributed by atoms with van der Waals surface area (Å²) in [5.41, 5.74) is 2.57. The van der Waals surface area contributed by atoms with Crippen LogP contribution in [0.3, 0.4) is 0 Å². The fourth-order valence-electron chi connectivity index (χ4n) is 2.94. The van der Waals surface area contributed by atoms with Crippen molar-refractivity contribution in [2.45, 2.75) is 35.4 Å². The third-order valence-electron chi connectivity index (χ3n) is 4.84. The minimum atomic E-state index is -3.45. The highest BCUT2D eigenvalue weighted by molar-refractivity contribution is 7.98. The first-order chi connectivity index (χ1) is 12.9. The first-order valence-electron chi connectivity index (χ1n) is 9.22. The van der Waals surface area contributed by atoms with Crippen LogP contribution in [0.5, 0.6) is 0 Å². The Bertz CT molecular complexity index is 842. The summed E-state index contributed by atoms with van der Waals surface area (Å²) < 4.78 is 27.0. The Morgan fingerprint density at radius 1 is 1.04 bits per heavy atom. The molecule has 0 saturated carbocycles. The molecule has 0 atom stereocenters. The number of hydrogen-bond donors (Lipinski definition) is 0. The second kappa shape index (κ2) is 8.73. The molecule has 1 aromatic heterocycles. The molecule has 0 radical (unpaired) electrons. The maximum absolute atomic E-state index is 12.7. The smallest absolute Gasteiger partial charge is 0.244 e. The molecule has 0 aliphatic carbocycles. The van der Waals surface area contributed by atoms with Crippen molar-refractivity contribution < 1.29 is 8.42 Å². The van der Waals surface area contributed by atoms with Gasteiger partial charge in [0.15, 0.2) is 0 Å². The van der Waals surface area contributed by atoms with Gasteiger partial charge in [0.25, 0.3) is 0 Å². The number of pyridine rings is 1. The molecule has 1 aliphatic rings. The van der Waals surface area contributed by atoms with Crippen LogP contribution in [0.2, 0.25) is 0 Å². The van der Waals surface area contributed by atoms with Crippen molar-refractivity contribution in [3.8, 4) is 0 Å².